The number of rotatable bonds is 5. The highest BCUT2D eigenvalue weighted by Gasteiger charge is 2.12. The zero-order chi connectivity index (χ0) is 11.3. The Morgan fingerprint density at radius 2 is 1.67 bits per heavy atom. The van der Waals surface area contributed by atoms with E-state index < -0.39 is 8.07 Å². The van der Waals surface area contributed by atoms with Crippen LogP contribution in [0.15, 0.2) is 30.3 Å². The smallest absolute Gasteiger partial charge is 0.0443 e. The van der Waals surface area contributed by atoms with E-state index in [4.69, 9.17) is 0 Å². The molecule has 0 N–H and O–H groups in total. The molecule has 0 spiro atoms. The summed E-state index contributed by atoms with van der Waals surface area (Å²) < 4.78 is 0. The Labute approximate surface area is 95.1 Å². The van der Waals surface area contributed by atoms with Crippen LogP contribution in [0.1, 0.15) is 6.42 Å². The number of hydrogen-bond donors (Lipinski definition) is 0. The van der Waals surface area contributed by atoms with Crippen LogP contribution in [0, 0.1) is 0 Å². The van der Waals surface area contributed by atoms with E-state index in [0.29, 0.717) is 0 Å². The molecule has 0 unspecified atom stereocenters. The van der Waals surface area contributed by atoms with Crippen molar-refractivity contribution in [2.24, 2.45) is 0 Å². The van der Waals surface area contributed by atoms with Gasteiger partial charge in [-0.3, -0.25) is 0 Å². The molecule has 1 rings (SSSR count). The second kappa shape index (κ2) is 5.36. The quantitative estimate of drug-likeness (QED) is 0.683. The molecule has 1 nitrogen and oxygen atoms in total. The molecular weight excluding hydrogens is 198 g/mol. The van der Waals surface area contributed by atoms with Crippen LogP contribution < -0.4 is 4.90 Å². The van der Waals surface area contributed by atoms with E-state index in [2.05, 4.69) is 61.9 Å². The third-order valence-corrected chi connectivity index (χ3v) is 4.47. The lowest BCUT2D eigenvalue weighted by Gasteiger charge is -2.22. The van der Waals surface area contributed by atoms with Gasteiger partial charge in [0.05, 0.1) is 0 Å². The van der Waals surface area contributed by atoms with Gasteiger partial charge in [0.1, 0.15) is 0 Å². The van der Waals surface area contributed by atoms with E-state index >= 15 is 0 Å². The molecule has 1 aromatic carbocycles. The van der Waals surface area contributed by atoms with E-state index in [9.17, 15) is 0 Å². The summed E-state index contributed by atoms with van der Waals surface area (Å²) in [5.74, 6) is 0. The van der Waals surface area contributed by atoms with Gasteiger partial charge >= 0.3 is 0 Å². The van der Waals surface area contributed by atoms with Gasteiger partial charge in [-0.1, -0.05) is 43.9 Å². The van der Waals surface area contributed by atoms with E-state index in [1.54, 1.807) is 0 Å². The van der Waals surface area contributed by atoms with Crippen LogP contribution in [0.4, 0.5) is 5.69 Å². The number of para-hydroxylation sites is 1. The van der Waals surface area contributed by atoms with E-state index in [1.807, 2.05) is 0 Å². The zero-order valence-electron chi connectivity index (χ0n) is 10.5. The summed E-state index contributed by atoms with van der Waals surface area (Å²) in [5.41, 5.74) is 1.33. The summed E-state index contributed by atoms with van der Waals surface area (Å²) in [5, 5.41) is 0. The molecule has 1 aromatic rings. The van der Waals surface area contributed by atoms with Crippen LogP contribution in [-0.4, -0.2) is 21.7 Å². The summed E-state index contributed by atoms with van der Waals surface area (Å²) >= 11 is 0. The van der Waals surface area contributed by atoms with Gasteiger partial charge < -0.3 is 4.90 Å². The lowest BCUT2D eigenvalue weighted by atomic mass is 10.3. The average Bonchev–Trinajstić information content (AvgIpc) is 2.17. The summed E-state index contributed by atoms with van der Waals surface area (Å²) in [4.78, 5) is 2.35. The highest BCUT2D eigenvalue weighted by Crippen LogP contribution is 2.15. The fourth-order valence-corrected chi connectivity index (χ4v) is 2.88. The minimum absolute atomic E-state index is 0.852. The number of hydrogen-bond acceptors (Lipinski definition) is 1. The van der Waals surface area contributed by atoms with Gasteiger partial charge in [0.15, 0.2) is 0 Å². The number of anilines is 1. The number of nitrogens with zero attached hydrogens (tertiary/aromatic N) is 1. The Morgan fingerprint density at radius 1 is 1.07 bits per heavy atom. The molecule has 0 saturated heterocycles. The van der Waals surface area contributed by atoms with Gasteiger partial charge in [-0.25, -0.2) is 0 Å². The van der Waals surface area contributed by atoms with Crippen LogP contribution in [-0.2, 0) is 0 Å². The molecule has 15 heavy (non-hydrogen) atoms. The third-order valence-electron chi connectivity index (χ3n) is 2.62. The molecule has 0 aliphatic rings. The molecule has 0 bridgehead atoms. The Kier molecular flexibility index (Phi) is 4.39. The Morgan fingerprint density at radius 3 is 2.20 bits per heavy atom. The summed E-state index contributed by atoms with van der Waals surface area (Å²) in [6, 6.07) is 12.0. The van der Waals surface area contributed by atoms with Crippen molar-refractivity contribution in [3.8, 4) is 0 Å². The minimum Gasteiger partial charge on any atom is -0.375 e. The van der Waals surface area contributed by atoms with Crippen LogP contribution >= 0.6 is 0 Å². The second-order valence-corrected chi connectivity index (χ2v) is 11.0. The maximum Gasteiger partial charge on any atom is 0.0443 e. The van der Waals surface area contributed by atoms with Crippen molar-refractivity contribution >= 4 is 13.8 Å². The van der Waals surface area contributed by atoms with Gasteiger partial charge in [0.25, 0.3) is 0 Å². The van der Waals surface area contributed by atoms with Crippen molar-refractivity contribution in [1.82, 2.24) is 0 Å². The predicted molar refractivity (Wildman–Crippen MR) is 72.5 cm³/mol. The van der Waals surface area contributed by atoms with Crippen molar-refractivity contribution < 1.29 is 0 Å². The highest BCUT2D eigenvalue weighted by molar-refractivity contribution is 6.76. The van der Waals surface area contributed by atoms with Crippen molar-refractivity contribution in [3.05, 3.63) is 30.3 Å². The maximum absolute atomic E-state index is 2.44. The molecule has 0 saturated carbocycles. The van der Waals surface area contributed by atoms with Crippen molar-refractivity contribution in [2.75, 3.05) is 18.5 Å². The molecule has 0 aromatic heterocycles. The van der Waals surface area contributed by atoms with Crippen molar-refractivity contribution in [1.29, 1.82) is 0 Å². The lowest BCUT2D eigenvalue weighted by Crippen LogP contribution is -2.24. The largest absolute Gasteiger partial charge is 0.375 e. The van der Waals surface area contributed by atoms with E-state index in [-0.39, 0.29) is 0 Å². The highest BCUT2D eigenvalue weighted by atomic mass is 28.3. The second-order valence-electron chi connectivity index (χ2n) is 5.42. The van der Waals surface area contributed by atoms with Crippen molar-refractivity contribution in [2.45, 2.75) is 32.1 Å². The van der Waals surface area contributed by atoms with Crippen molar-refractivity contribution in [3.63, 3.8) is 0 Å². The minimum atomic E-state index is -0.852. The lowest BCUT2D eigenvalue weighted by molar-refractivity contribution is 0.841. The Hall–Kier alpha value is -0.763. The molecule has 0 radical (unpaired) electrons. The van der Waals surface area contributed by atoms with E-state index in [1.165, 1.54) is 24.7 Å². The SMILES string of the molecule is CN(CCC[Si](C)(C)C)c1ccccc1. The molecule has 0 heterocycles. The molecule has 2 heteroatoms. The molecule has 0 aliphatic carbocycles. The van der Waals surface area contributed by atoms with Gasteiger partial charge in [-0.2, -0.15) is 0 Å². The van der Waals surface area contributed by atoms with Gasteiger partial charge in [0.2, 0.25) is 0 Å². The van der Waals surface area contributed by atoms with Gasteiger partial charge in [0, 0.05) is 27.4 Å². The summed E-state index contributed by atoms with van der Waals surface area (Å²) in [7, 11) is 1.33. The zero-order valence-corrected chi connectivity index (χ0v) is 11.5. The fraction of sp³-hybridized carbons (Fsp3) is 0.538. The Bertz CT molecular complexity index is 276. The number of benzene rings is 1. The van der Waals surface area contributed by atoms with Crippen LogP contribution in [0.2, 0.25) is 25.7 Å². The first-order valence-corrected chi connectivity index (χ1v) is 9.46. The molecule has 0 aliphatic heterocycles. The van der Waals surface area contributed by atoms with Gasteiger partial charge in [-0.05, 0) is 18.6 Å². The topological polar surface area (TPSA) is 3.24 Å². The molecular formula is C13H23NSi. The van der Waals surface area contributed by atoms with Gasteiger partial charge in [-0.15, -0.1) is 0 Å². The standard InChI is InChI=1S/C13H23NSi/c1-14(11-8-12-15(2,3)4)13-9-6-5-7-10-13/h5-7,9-10H,8,11-12H2,1-4H3. The third kappa shape index (κ3) is 5.03. The summed E-state index contributed by atoms with van der Waals surface area (Å²) in [6.07, 6.45) is 1.32. The predicted octanol–water partition coefficient (Wildman–Crippen LogP) is 3.85. The first-order valence-electron chi connectivity index (χ1n) is 5.75. The molecule has 0 fully saturated rings. The molecule has 0 amide bonds. The average molecular weight is 221 g/mol. The first-order chi connectivity index (χ1) is 6.99. The normalized spacial score (nSPS) is 11.5. The van der Waals surface area contributed by atoms with Crippen LogP contribution in [0.3, 0.4) is 0 Å². The Balaban J connectivity index is 2.34. The first kappa shape index (κ1) is 12.3. The monoisotopic (exact) mass is 221 g/mol. The molecule has 84 valence electrons. The summed E-state index contributed by atoms with van der Waals surface area (Å²) in [6.45, 7) is 8.49. The van der Waals surface area contributed by atoms with E-state index in [0.717, 1.165) is 0 Å². The van der Waals surface area contributed by atoms with Crippen LogP contribution in [0.25, 0.3) is 0 Å². The maximum atomic E-state index is 2.44. The molecule has 0 atom stereocenters. The fourth-order valence-electron chi connectivity index (χ4n) is 1.66. The van der Waals surface area contributed by atoms with Crippen LogP contribution in [0.5, 0.6) is 0 Å².